The van der Waals surface area contributed by atoms with Crippen LogP contribution < -0.4 is 0 Å². The first-order chi connectivity index (χ1) is 15.1. The number of fused-ring (bicyclic) bond motifs is 2. The van der Waals surface area contributed by atoms with Gasteiger partial charge in [-0.15, -0.1) is 0 Å². The maximum atomic E-state index is 4.70. The Bertz CT molecular complexity index is 1090. The molecule has 158 valence electrons. The molecule has 2 unspecified atom stereocenters. The maximum Gasteiger partial charge on any atom is 0.0123 e. The summed E-state index contributed by atoms with van der Waals surface area (Å²) in [5.74, 6) is 1.65. The fraction of sp³-hybridized carbons (Fsp3) is 0.355. The zero-order valence-corrected chi connectivity index (χ0v) is 19.1. The summed E-state index contributed by atoms with van der Waals surface area (Å²) in [7, 11) is 0. The number of allylic oxidation sites excluding steroid dienone is 12. The average molecular weight is 407 g/mol. The molecule has 0 aliphatic heterocycles. The van der Waals surface area contributed by atoms with E-state index in [0.29, 0.717) is 17.8 Å². The first kappa shape index (κ1) is 20.3. The van der Waals surface area contributed by atoms with Crippen molar-refractivity contribution >= 4 is 5.57 Å². The summed E-state index contributed by atoms with van der Waals surface area (Å²) in [6.45, 7) is 13.8. The summed E-state index contributed by atoms with van der Waals surface area (Å²) in [6, 6.07) is 8.83. The second-order valence-corrected chi connectivity index (χ2v) is 9.77. The first-order valence-corrected chi connectivity index (χ1v) is 12.0. The minimum Gasteiger partial charge on any atom is -0.0955 e. The van der Waals surface area contributed by atoms with Crippen LogP contribution in [0, 0.1) is 17.8 Å². The molecule has 0 bridgehead atoms. The molecule has 0 N–H and O–H groups in total. The van der Waals surface area contributed by atoms with Gasteiger partial charge in [-0.1, -0.05) is 92.3 Å². The van der Waals surface area contributed by atoms with Crippen LogP contribution in [0.1, 0.15) is 57.1 Å². The Hall–Kier alpha value is -2.60. The minimum atomic E-state index is 0.445. The maximum absolute atomic E-state index is 4.70. The van der Waals surface area contributed by atoms with E-state index in [9.17, 15) is 0 Å². The van der Waals surface area contributed by atoms with Gasteiger partial charge in [0.1, 0.15) is 0 Å². The Morgan fingerprint density at radius 1 is 1.16 bits per heavy atom. The number of benzene rings is 1. The van der Waals surface area contributed by atoms with Gasteiger partial charge in [-0.2, -0.15) is 0 Å². The molecule has 1 saturated carbocycles. The van der Waals surface area contributed by atoms with Gasteiger partial charge in [0.2, 0.25) is 0 Å². The monoisotopic (exact) mass is 406 g/mol. The normalized spacial score (nSPS) is 26.4. The van der Waals surface area contributed by atoms with Gasteiger partial charge in [0.05, 0.1) is 0 Å². The van der Waals surface area contributed by atoms with E-state index in [-0.39, 0.29) is 0 Å². The van der Waals surface area contributed by atoms with Crippen LogP contribution in [0.4, 0.5) is 0 Å². The van der Waals surface area contributed by atoms with E-state index < -0.39 is 0 Å². The molecule has 4 aliphatic rings. The molecule has 0 heteroatoms. The molecular formula is C31H34. The van der Waals surface area contributed by atoms with Crippen molar-refractivity contribution in [2.75, 3.05) is 0 Å². The van der Waals surface area contributed by atoms with E-state index in [1.807, 2.05) is 0 Å². The first-order valence-electron chi connectivity index (χ1n) is 12.0. The quantitative estimate of drug-likeness (QED) is 0.431. The Kier molecular flexibility index (Phi) is 5.34. The number of hydrogen-bond acceptors (Lipinski definition) is 0. The lowest BCUT2D eigenvalue weighted by atomic mass is 9.66. The molecule has 5 rings (SSSR count). The molecule has 0 spiro atoms. The summed E-state index contributed by atoms with van der Waals surface area (Å²) in [4.78, 5) is 0. The molecule has 0 heterocycles. The number of hydrogen-bond donors (Lipinski definition) is 0. The van der Waals surface area contributed by atoms with E-state index >= 15 is 0 Å². The molecule has 4 aliphatic carbocycles. The predicted molar refractivity (Wildman–Crippen MR) is 134 cm³/mol. The van der Waals surface area contributed by atoms with Crippen LogP contribution >= 0.6 is 0 Å². The van der Waals surface area contributed by atoms with Gasteiger partial charge >= 0.3 is 0 Å². The van der Waals surface area contributed by atoms with Gasteiger partial charge in [-0.25, -0.2) is 0 Å². The van der Waals surface area contributed by atoms with Crippen LogP contribution in [0.25, 0.3) is 5.57 Å². The molecule has 0 amide bonds. The molecule has 0 nitrogen and oxygen atoms in total. The summed E-state index contributed by atoms with van der Waals surface area (Å²) in [5.41, 5.74) is 12.9. The Morgan fingerprint density at radius 3 is 2.71 bits per heavy atom. The van der Waals surface area contributed by atoms with E-state index in [0.717, 1.165) is 25.7 Å². The molecular weight excluding hydrogens is 372 g/mol. The molecule has 0 saturated heterocycles. The third-order valence-electron chi connectivity index (χ3n) is 7.79. The van der Waals surface area contributed by atoms with Crippen molar-refractivity contribution in [3.05, 3.63) is 112 Å². The molecule has 1 aromatic carbocycles. The van der Waals surface area contributed by atoms with Crippen LogP contribution in [0.3, 0.4) is 0 Å². The van der Waals surface area contributed by atoms with E-state index in [1.165, 1.54) is 57.4 Å². The van der Waals surface area contributed by atoms with Crippen molar-refractivity contribution in [1.82, 2.24) is 0 Å². The molecule has 0 aromatic heterocycles. The van der Waals surface area contributed by atoms with E-state index in [4.69, 9.17) is 6.58 Å². The predicted octanol–water partition coefficient (Wildman–Crippen LogP) is 8.32. The zero-order valence-electron chi connectivity index (χ0n) is 19.1. The van der Waals surface area contributed by atoms with Crippen LogP contribution in [0.5, 0.6) is 0 Å². The van der Waals surface area contributed by atoms with Crippen LogP contribution in [0.15, 0.2) is 101 Å². The largest absolute Gasteiger partial charge is 0.0955 e. The summed E-state index contributed by atoms with van der Waals surface area (Å²) >= 11 is 0. The fourth-order valence-electron chi connectivity index (χ4n) is 6.41. The van der Waals surface area contributed by atoms with Crippen LogP contribution in [0.2, 0.25) is 0 Å². The fourth-order valence-corrected chi connectivity index (χ4v) is 6.41. The Balaban J connectivity index is 1.51. The average Bonchev–Trinajstić information content (AvgIpc) is 3.48. The van der Waals surface area contributed by atoms with Crippen molar-refractivity contribution in [3.8, 4) is 0 Å². The second kappa shape index (κ2) is 8.15. The van der Waals surface area contributed by atoms with Crippen molar-refractivity contribution in [2.24, 2.45) is 17.8 Å². The molecule has 2 atom stereocenters. The van der Waals surface area contributed by atoms with Crippen molar-refractivity contribution in [3.63, 3.8) is 0 Å². The second-order valence-electron chi connectivity index (χ2n) is 9.77. The lowest BCUT2D eigenvalue weighted by molar-refractivity contribution is 0.338. The van der Waals surface area contributed by atoms with Gasteiger partial charge in [0.25, 0.3) is 0 Å². The third kappa shape index (κ3) is 3.47. The summed E-state index contributed by atoms with van der Waals surface area (Å²) in [6.07, 6.45) is 18.8. The highest BCUT2D eigenvalue weighted by Crippen LogP contribution is 2.55. The Labute approximate surface area is 188 Å². The summed E-state index contributed by atoms with van der Waals surface area (Å²) < 4.78 is 0. The van der Waals surface area contributed by atoms with Crippen molar-refractivity contribution in [1.29, 1.82) is 0 Å². The van der Waals surface area contributed by atoms with Gasteiger partial charge < -0.3 is 0 Å². The lowest BCUT2D eigenvalue weighted by Crippen LogP contribution is -2.28. The van der Waals surface area contributed by atoms with Gasteiger partial charge in [0.15, 0.2) is 0 Å². The SMILES string of the molecule is C=C(CCC)C1=C(C)C=C2CC(=CC3=CCc4ccccc43)C(=C)C2C1C1CC=CC1. The van der Waals surface area contributed by atoms with Crippen LogP contribution in [-0.2, 0) is 6.42 Å². The molecule has 0 radical (unpaired) electrons. The zero-order chi connectivity index (χ0) is 21.5. The van der Waals surface area contributed by atoms with E-state index in [1.54, 1.807) is 5.57 Å². The highest BCUT2D eigenvalue weighted by Gasteiger charge is 2.43. The van der Waals surface area contributed by atoms with Gasteiger partial charge in [-0.3, -0.25) is 0 Å². The van der Waals surface area contributed by atoms with Gasteiger partial charge in [0, 0.05) is 5.92 Å². The molecule has 1 aromatic rings. The van der Waals surface area contributed by atoms with Crippen molar-refractivity contribution in [2.45, 2.75) is 52.4 Å². The Morgan fingerprint density at radius 2 is 1.94 bits per heavy atom. The third-order valence-corrected chi connectivity index (χ3v) is 7.79. The van der Waals surface area contributed by atoms with Crippen LogP contribution in [-0.4, -0.2) is 0 Å². The van der Waals surface area contributed by atoms with Crippen molar-refractivity contribution < 1.29 is 0 Å². The molecule has 1 fully saturated rings. The minimum absolute atomic E-state index is 0.445. The van der Waals surface area contributed by atoms with E-state index in [2.05, 4.69) is 75.1 Å². The highest BCUT2D eigenvalue weighted by atomic mass is 14.5. The molecule has 31 heavy (non-hydrogen) atoms. The topological polar surface area (TPSA) is 0 Å². The number of rotatable bonds is 5. The van der Waals surface area contributed by atoms with Gasteiger partial charge in [-0.05, 0) is 89.9 Å². The standard InChI is InChI=1S/C31H34/c1-5-10-20(2)29-21(3)17-27-19-26(18-25-16-15-23-11-8-9-14-28(23)25)22(4)30(27)31(29)24-12-6-7-13-24/h6-9,11,14,16-18,24,30-31H,2,4-5,10,12-13,15,19H2,1,3H3. The lowest BCUT2D eigenvalue weighted by Gasteiger charge is -2.38. The summed E-state index contributed by atoms with van der Waals surface area (Å²) in [5, 5.41) is 0. The smallest absolute Gasteiger partial charge is 0.0123 e. The highest BCUT2D eigenvalue weighted by molar-refractivity contribution is 5.81.